The van der Waals surface area contributed by atoms with E-state index < -0.39 is 0 Å². The van der Waals surface area contributed by atoms with E-state index in [1.54, 1.807) is 0 Å². The van der Waals surface area contributed by atoms with Gasteiger partial charge in [-0.3, -0.25) is 3.59 Å². The van der Waals surface area contributed by atoms with E-state index in [1.165, 1.54) is 19.3 Å². The van der Waals surface area contributed by atoms with Crippen LogP contribution >= 0.6 is 16.1 Å². The van der Waals surface area contributed by atoms with Gasteiger partial charge in [-0.1, -0.05) is 19.8 Å². The van der Waals surface area contributed by atoms with E-state index in [9.17, 15) is 0 Å². The summed E-state index contributed by atoms with van der Waals surface area (Å²) in [6.07, 6.45) is 8.60. The fraction of sp³-hybridized carbons (Fsp3) is 0.625. The molecule has 0 aliphatic heterocycles. The molecule has 0 N–H and O–H groups in total. The largest absolute Gasteiger partial charge is 0.270 e. The van der Waals surface area contributed by atoms with Crippen molar-refractivity contribution in [3.8, 4) is 0 Å². The van der Waals surface area contributed by atoms with Gasteiger partial charge in [-0.2, -0.15) is 0 Å². The summed E-state index contributed by atoms with van der Waals surface area (Å²) in [5, 5.41) is 0. The van der Waals surface area contributed by atoms with E-state index in [4.69, 9.17) is 0 Å². The minimum absolute atomic E-state index is 1.08. The maximum atomic E-state index is 4.20. The summed E-state index contributed by atoms with van der Waals surface area (Å²) >= 11 is 3.37. The molecular formula is C8H13BrN2. The van der Waals surface area contributed by atoms with Crippen LogP contribution in [0.4, 0.5) is 0 Å². The molecule has 11 heavy (non-hydrogen) atoms. The summed E-state index contributed by atoms with van der Waals surface area (Å²) in [6, 6.07) is 0. The Morgan fingerprint density at radius 1 is 1.55 bits per heavy atom. The first kappa shape index (κ1) is 8.78. The van der Waals surface area contributed by atoms with Crippen molar-refractivity contribution in [1.82, 2.24) is 8.58 Å². The molecule has 1 heterocycles. The quantitative estimate of drug-likeness (QED) is 0.709. The van der Waals surface area contributed by atoms with E-state index in [-0.39, 0.29) is 0 Å². The normalized spacial score (nSPS) is 10.4. The Morgan fingerprint density at radius 2 is 2.36 bits per heavy atom. The van der Waals surface area contributed by atoms with Crippen molar-refractivity contribution in [2.24, 2.45) is 0 Å². The Balaban J connectivity index is 2.32. The molecule has 1 rings (SSSR count). The summed E-state index contributed by atoms with van der Waals surface area (Å²) < 4.78 is 1.91. The third-order valence-electron chi connectivity index (χ3n) is 1.67. The molecule has 0 aromatic carbocycles. The van der Waals surface area contributed by atoms with Crippen LogP contribution in [0, 0.1) is 0 Å². The molecule has 0 saturated heterocycles. The molecule has 0 saturated carbocycles. The Kier molecular flexibility index (Phi) is 3.63. The zero-order valence-electron chi connectivity index (χ0n) is 6.76. The number of hydrogen-bond donors (Lipinski definition) is 0. The fourth-order valence-electron chi connectivity index (χ4n) is 1.02. The van der Waals surface area contributed by atoms with Crippen LogP contribution in [0.3, 0.4) is 0 Å². The van der Waals surface area contributed by atoms with E-state index in [0.29, 0.717) is 0 Å². The second kappa shape index (κ2) is 4.54. The molecule has 0 spiro atoms. The summed E-state index contributed by atoms with van der Waals surface area (Å²) in [5.41, 5.74) is 0. The lowest BCUT2D eigenvalue weighted by atomic mass is 10.2. The van der Waals surface area contributed by atoms with Crippen LogP contribution in [-0.4, -0.2) is 8.58 Å². The van der Waals surface area contributed by atoms with E-state index in [0.717, 1.165) is 12.2 Å². The van der Waals surface area contributed by atoms with Gasteiger partial charge in [0.1, 0.15) is 5.82 Å². The molecule has 0 unspecified atom stereocenters. The molecule has 0 radical (unpaired) electrons. The molecule has 0 aliphatic rings. The summed E-state index contributed by atoms with van der Waals surface area (Å²) in [7, 11) is 0. The number of aromatic nitrogens is 2. The molecule has 0 bridgehead atoms. The molecule has 3 heteroatoms. The maximum Gasteiger partial charge on any atom is 0.118 e. The van der Waals surface area contributed by atoms with Crippen molar-refractivity contribution < 1.29 is 0 Å². The summed E-state index contributed by atoms with van der Waals surface area (Å²) in [4.78, 5) is 4.20. The number of imidazole rings is 1. The number of halogens is 1. The van der Waals surface area contributed by atoms with Gasteiger partial charge in [0.25, 0.3) is 0 Å². The smallest absolute Gasteiger partial charge is 0.118 e. The van der Waals surface area contributed by atoms with Crippen LogP contribution in [0.15, 0.2) is 12.4 Å². The van der Waals surface area contributed by atoms with Gasteiger partial charge in [0.05, 0.1) is 16.1 Å². The van der Waals surface area contributed by atoms with Gasteiger partial charge in [-0.15, -0.1) is 0 Å². The molecule has 62 valence electrons. The average molecular weight is 217 g/mol. The van der Waals surface area contributed by atoms with Gasteiger partial charge >= 0.3 is 0 Å². The minimum Gasteiger partial charge on any atom is -0.270 e. The molecule has 0 atom stereocenters. The topological polar surface area (TPSA) is 17.8 Å². The van der Waals surface area contributed by atoms with E-state index >= 15 is 0 Å². The first-order chi connectivity index (χ1) is 5.34. The van der Waals surface area contributed by atoms with E-state index in [2.05, 4.69) is 28.1 Å². The van der Waals surface area contributed by atoms with Crippen LogP contribution < -0.4 is 0 Å². The molecule has 2 nitrogen and oxygen atoms in total. The highest BCUT2D eigenvalue weighted by Crippen LogP contribution is 2.06. The van der Waals surface area contributed by atoms with Crippen LogP contribution in [0.5, 0.6) is 0 Å². The first-order valence-corrected chi connectivity index (χ1v) is 4.74. The highest BCUT2D eigenvalue weighted by molar-refractivity contribution is 9.08. The number of nitrogens with zero attached hydrogens (tertiary/aromatic N) is 2. The van der Waals surface area contributed by atoms with Gasteiger partial charge in [0.2, 0.25) is 0 Å². The van der Waals surface area contributed by atoms with Crippen molar-refractivity contribution in [3.05, 3.63) is 18.2 Å². The van der Waals surface area contributed by atoms with Crippen molar-refractivity contribution in [2.75, 3.05) is 0 Å². The fourth-order valence-corrected chi connectivity index (χ4v) is 1.40. The van der Waals surface area contributed by atoms with Crippen molar-refractivity contribution in [1.29, 1.82) is 0 Å². The molecule has 0 amide bonds. The minimum atomic E-state index is 1.08. The number of aryl methyl sites for hydroxylation is 1. The molecule has 1 aromatic rings. The zero-order valence-corrected chi connectivity index (χ0v) is 8.34. The first-order valence-electron chi connectivity index (χ1n) is 4.03. The van der Waals surface area contributed by atoms with Gasteiger partial charge in [-0.25, -0.2) is 4.98 Å². The van der Waals surface area contributed by atoms with Gasteiger partial charge in [0.15, 0.2) is 0 Å². The molecule has 0 fully saturated rings. The summed E-state index contributed by atoms with van der Waals surface area (Å²) in [5.74, 6) is 1.12. The second-order valence-corrected chi connectivity index (χ2v) is 3.38. The van der Waals surface area contributed by atoms with Crippen molar-refractivity contribution in [3.63, 3.8) is 0 Å². The predicted octanol–water partition coefficient (Wildman–Crippen LogP) is 2.77. The SMILES string of the molecule is CCCCCc1nccn1Br. The maximum absolute atomic E-state index is 4.20. The zero-order chi connectivity index (χ0) is 8.10. The lowest BCUT2D eigenvalue weighted by molar-refractivity contribution is 0.696. The van der Waals surface area contributed by atoms with Crippen LogP contribution in [-0.2, 0) is 6.42 Å². The second-order valence-electron chi connectivity index (χ2n) is 2.61. The highest BCUT2D eigenvalue weighted by atomic mass is 79.9. The van der Waals surface area contributed by atoms with Crippen molar-refractivity contribution >= 4 is 16.1 Å². The van der Waals surface area contributed by atoms with Crippen LogP contribution in [0.2, 0.25) is 0 Å². The molecule has 0 aliphatic carbocycles. The monoisotopic (exact) mass is 216 g/mol. The van der Waals surface area contributed by atoms with Crippen LogP contribution in [0.1, 0.15) is 32.0 Å². The molecular weight excluding hydrogens is 204 g/mol. The average Bonchev–Trinajstić information content (AvgIpc) is 2.37. The Hall–Kier alpha value is -0.310. The Labute approximate surface area is 76.0 Å². The molecule has 1 aromatic heterocycles. The predicted molar refractivity (Wildman–Crippen MR) is 49.8 cm³/mol. The third-order valence-corrected chi connectivity index (χ3v) is 2.32. The van der Waals surface area contributed by atoms with Gasteiger partial charge in [0, 0.05) is 18.8 Å². The van der Waals surface area contributed by atoms with Crippen LogP contribution in [0.25, 0.3) is 0 Å². The lowest BCUT2D eigenvalue weighted by Gasteiger charge is -1.97. The van der Waals surface area contributed by atoms with Gasteiger partial charge < -0.3 is 0 Å². The lowest BCUT2D eigenvalue weighted by Crippen LogP contribution is -1.92. The standard InChI is InChI=1S/C8H13BrN2/c1-2-3-4-5-8-10-6-7-11(8)9/h6-7H,2-5H2,1H3. The number of unbranched alkanes of at least 4 members (excludes halogenated alkanes) is 2. The Bertz CT molecular complexity index is 208. The number of rotatable bonds is 4. The number of hydrogen-bond acceptors (Lipinski definition) is 1. The highest BCUT2D eigenvalue weighted by Gasteiger charge is 1.97. The van der Waals surface area contributed by atoms with E-state index in [1.807, 2.05) is 16.0 Å². The summed E-state index contributed by atoms with van der Waals surface area (Å²) in [6.45, 7) is 2.21. The van der Waals surface area contributed by atoms with Gasteiger partial charge in [-0.05, 0) is 6.42 Å². The van der Waals surface area contributed by atoms with Crippen molar-refractivity contribution in [2.45, 2.75) is 32.6 Å². The Morgan fingerprint density at radius 3 is 2.91 bits per heavy atom. The third kappa shape index (κ3) is 2.66.